The van der Waals surface area contributed by atoms with Crippen molar-refractivity contribution in [3.8, 4) is 17.6 Å². The highest BCUT2D eigenvalue weighted by Gasteiger charge is 2.04. The lowest BCUT2D eigenvalue weighted by Gasteiger charge is -2.12. The van der Waals surface area contributed by atoms with Gasteiger partial charge in [-0.05, 0) is 24.5 Å². The van der Waals surface area contributed by atoms with Crippen LogP contribution in [0.2, 0.25) is 0 Å². The van der Waals surface area contributed by atoms with Crippen LogP contribution in [0.3, 0.4) is 0 Å². The molecule has 0 saturated carbocycles. The van der Waals surface area contributed by atoms with E-state index in [9.17, 15) is 4.39 Å². The molecule has 1 N–H and O–H groups in total. The van der Waals surface area contributed by atoms with Gasteiger partial charge < -0.3 is 9.84 Å². The molecule has 0 aromatic heterocycles. The molecule has 19 heavy (non-hydrogen) atoms. The van der Waals surface area contributed by atoms with Gasteiger partial charge in [0.2, 0.25) is 0 Å². The van der Waals surface area contributed by atoms with Crippen LogP contribution in [0.1, 0.15) is 38.7 Å². The minimum atomic E-state index is -0.353. The molecular weight excluding hydrogens is 243 g/mol. The third-order valence-corrected chi connectivity index (χ3v) is 2.66. The number of ether oxygens (including phenoxy) is 1. The molecule has 0 heterocycles. The van der Waals surface area contributed by atoms with Crippen molar-refractivity contribution in [2.45, 2.75) is 33.1 Å². The van der Waals surface area contributed by atoms with Crippen LogP contribution in [0.4, 0.5) is 4.39 Å². The molecule has 0 aliphatic carbocycles. The summed E-state index contributed by atoms with van der Waals surface area (Å²) < 4.78 is 19.0. The average molecular weight is 264 g/mol. The van der Waals surface area contributed by atoms with E-state index in [1.54, 1.807) is 6.07 Å². The number of hydrogen-bond acceptors (Lipinski definition) is 2. The standard InChI is InChI=1S/C16H21FO2/c1-3-6-13(2)12-19-16-10-14(7-4-5-8-18)9-15(17)11-16/h9-11,13,18H,3,5-6,8,12H2,1-2H3. The maximum atomic E-state index is 13.4. The highest BCUT2D eigenvalue weighted by atomic mass is 19.1. The zero-order chi connectivity index (χ0) is 14.1. The Hall–Kier alpha value is -1.53. The second-order valence-electron chi connectivity index (χ2n) is 4.66. The van der Waals surface area contributed by atoms with Gasteiger partial charge in [0, 0.05) is 18.1 Å². The molecule has 0 bridgehead atoms. The highest BCUT2D eigenvalue weighted by Crippen LogP contribution is 2.17. The van der Waals surface area contributed by atoms with E-state index < -0.39 is 0 Å². The van der Waals surface area contributed by atoms with Crippen LogP contribution in [-0.2, 0) is 0 Å². The Bertz CT molecular complexity index is 446. The van der Waals surface area contributed by atoms with Gasteiger partial charge in [0.15, 0.2) is 0 Å². The molecule has 0 aliphatic rings. The summed E-state index contributed by atoms with van der Waals surface area (Å²) in [6, 6.07) is 4.47. The number of hydrogen-bond donors (Lipinski definition) is 1. The molecule has 1 aromatic rings. The topological polar surface area (TPSA) is 29.5 Å². The second kappa shape index (κ2) is 8.55. The monoisotopic (exact) mass is 264 g/mol. The lowest BCUT2D eigenvalue weighted by atomic mass is 10.1. The van der Waals surface area contributed by atoms with Crippen molar-refractivity contribution in [3.63, 3.8) is 0 Å². The maximum absolute atomic E-state index is 13.4. The molecule has 0 fully saturated rings. The van der Waals surface area contributed by atoms with Crippen molar-refractivity contribution < 1.29 is 14.2 Å². The van der Waals surface area contributed by atoms with Gasteiger partial charge in [-0.25, -0.2) is 4.39 Å². The molecule has 2 nitrogen and oxygen atoms in total. The first-order valence-corrected chi connectivity index (χ1v) is 6.68. The van der Waals surface area contributed by atoms with Gasteiger partial charge in [-0.3, -0.25) is 0 Å². The van der Waals surface area contributed by atoms with Crippen LogP contribution in [-0.4, -0.2) is 18.3 Å². The average Bonchev–Trinajstić information content (AvgIpc) is 2.37. The molecule has 0 amide bonds. The van der Waals surface area contributed by atoms with Gasteiger partial charge in [0.25, 0.3) is 0 Å². The molecule has 0 radical (unpaired) electrons. The zero-order valence-electron chi connectivity index (χ0n) is 11.6. The van der Waals surface area contributed by atoms with Crippen molar-refractivity contribution in [1.29, 1.82) is 0 Å². The van der Waals surface area contributed by atoms with E-state index in [1.165, 1.54) is 12.1 Å². The van der Waals surface area contributed by atoms with Gasteiger partial charge in [-0.15, -0.1) is 0 Å². The number of rotatable bonds is 6. The number of aliphatic hydroxyl groups excluding tert-OH is 1. The molecule has 0 aliphatic heterocycles. The Morgan fingerprint density at radius 2 is 2.16 bits per heavy atom. The van der Waals surface area contributed by atoms with Crippen molar-refractivity contribution in [3.05, 3.63) is 29.6 Å². The molecule has 1 rings (SSSR count). The first-order valence-electron chi connectivity index (χ1n) is 6.68. The van der Waals surface area contributed by atoms with E-state index in [-0.39, 0.29) is 12.4 Å². The summed E-state index contributed by atoms with van der Waals surface area (Å²) in [6.45, 7) is 4.85. The number of halogens is 1. The first kappa shape index (κ1) is 15.5. The zero-order valence-corrected chi connectivity index (χ0v) is 11.6. The fraction of sp³-hybridized carbons (Fsp3) is 0.500. The first-order chi connectivity index (χ1) is 9.15. The number of benzene rings is 1. The summed E-state index contributed by atoms with van der Waals surface area (Å²) in [5.74, 6) is 6.19. The van der Waals surface area contributed by atoms with Crippen molar-refractivity contribution in [2.75, 3.05) is 13.2 Å². The van der Waals surface area contributed by atoms with E-state index in [1.807, 2.05) is 0 Å². The third kappa shape index (κ3) is 6.26. The maximum Gasteiger partial charge on any atom is 0.128 e. The Labute approximate surface area is 114 Å². The highest BCUT2D eigenvalue weighted by molar-refractivity contribution is 5.40. The molecule has 104 valence electrons. The van der Waals surface area contributed by atoms with Crippen LogP contribution in [0.15, 0.2) is 18.2 Å². The van der Waals surface area contributed by atoms with Crippen LogP contribution in [0.25, 0.3) is 0 Å². The van der Waals surface area contributed by atoms with Crippen LogP contribution >= 0.6 is 0 Å². The Morgan fingerprint density at radius 1 is 1.37 bits per heavy atom. The smallest absolute Gasteiger partial charge is 0.128 e. The van der Waals surface area contributed by atoms with E-state index in [2.05, 4.69) is 25.7 Å². The normalized spacial score (nSPS) is 11.6. The van der Waals surface area contributed by atoms with E-state index >= 15 is 0 Å². The summed E-state index contributed by atoms with van der Waals surface area (Å²) in [5, 5.41) is 8.65. The van der Waals surface area contributed by atoms with E-state index in [0.717, 1.165) is 12.8 Å². The van der Waals surface area contributed by atoms with E-state index in [0.29, 0.717) is 30.3 Å². The quantitative estimate of drug-likeness (QED) is 0.798. The van der Waals surface area contributed by atoms with Crippen LogP contribution in [0, 0.1) is 23.6 Å². The molecule has 0 saturated heterocycles. The van der Waals surface area contributed by atoms with Crippen molar-refractivity contribution in [2.24, 2.45) is 5.92 Å². The predicted molar refractivity (Wildman–Crippen MR) is 74.5 cm³/mol. The van der Waals surface area contributed by atoms with Crippen LogP contribution < -0.4 is 4.74 Å². The predicted octanol–water partition coefficient (Wildman–Crippen LogP) is 3.37. The minimum absolute atomic E-state index is 0.0141. The Kier molecular flexibility index (Phi) is 6.99. The Morgan fingerprint density at radius 3 is 2.84 bits per heavy atom. The lowest BCUT2D eigenvalue weighted by Crippen LogP contribution is -2.08. The molecular formula is C16H21FO2. The Balaban J connectivity index is 2.66. The fourth-order valence-corrected chi connectivity index (χ4v) is 1.75. The fourth-order valence-electron chi connectivity index (χ4n) is 1.75. The summed E-state index contributed by atoms with van der Waals surface area (Å²) in [5.41, 5.74) is 0.576. The summed E-state index contributed by atoms with van der Waals surface area (Å²) in [6.07, 6.45) is 2.60. The van der Waals surface area contributed by atoms with Crippen molar-refractivity contribution in [1.82, 2.24) is 0 Å². The SMILES string of the molecule is CCCC(C)COc1cc(F)cc(C#CCCO)c1. The minimum Gasteiger partial charge on any atom is -0.493 e. The van der Waals surface area contributed by atoms with Crippen LogP contribution in [0.5, 0.6) is 5.75 Å². The van der Waals surface area contributed by atoms with Gasteiger partial charge in [0.05, 0.1) is 13.2 Å². The molecule has 1 atom stereocenters. The van der Waals surface area contributed by atoms with Gasteiger partial charge in [-0.2, -0.15) is 0 Å². The largest absolute Gasteiger partial charge is 0.493 e. The number of aliphatic hydroxyl groups is 1. The summed E-state index contributed by atoms with van der Waals surface area (Å²) >= 11 is 0. The molecule has 3 heteroatoms. The third-order valence-electron chi connectivity index (χ3n) is 2.66. The molecule has 0 spiro atoms. The molecule has 1 aromatic carbocycles. The van der Waals surface area contributed by atoms with Gasteiger partial charge in [0.1, 0.15) is 11.6 Å². The summed E-state index contributed by atoms with van der Waals surface area (Å²) in [7, 11) is 0. The van der Waals surface area contributed by atoms with Crippen molar-refractivity contribution >= 4 is 0 Å². The second-order valence-corrected chi connectivity index (χ2v) is 4.66. The lowest BCUT2D eigenvalue weighted by molar-refractivity contribution is 0.250. The van der Waals surface area contributed by atoms with E-state index in [4.69, 9.17) is 9.84 Å². The summed E-state index contributed by atoms with van der Waals surface area (Å²) in [4.78, 5) is 0. The van der Waals surface area contributed by atoms with Gasteiger partial charge >= 0.3 is 0 Å². The molecule has 1 unspecified atom stereocenters. The van der Waals surface area contributed by atoms with Gasteiger partial charge in [-0.1, -0.05) is 32.1 Å².